The van der Waals surface area contributed by atoms with Crippen LogP contribution in [-0.4, -0.2) is 57.5 Å². The van der Waals surface area contributed by atoms with Crippen molar-refractivity contribution in [2.45, 2.75) is 24.7 Å². The lowest BCUT2D eigenvalue weighted by molar-refractivity contribution is -0.119. The van der Waals surface area contributed by atoms with Gasteiger partial charge in [-0.05, 0) is 41.8 Å². The second-order valence-corrected chi connectivity index (χ2v) is 9.90. The molecule has 1 aliphatic rings. The number of carbonyl (C=O) groups excluding carboxylic acids is 2. The highest BCUT2D eigenvalue weighted by molar-refractivity contribution is 7.89. The van der Waals surface area contributed by atoms with E-state index in [9.17, 15) is 18.0 Å². The first-order valence-corrected chi connectivity index (χ1v) is 11.9. The molecule has 1 aliphatic heterocycles. The number of halogens is 1. The minimum atomic E-state index is -3.81. The molecule has 3 rings (SSSR count). The van der Waals surface area contributed by atoms with Gasteiger partial charge >= 0.3 is 5.97 Å². The van der Waals surface area contributed by atoms with E-state index in [-0.39, 0.29) is 28.6 Å². The maximum atomic E-state index is 12.8. The lowest BCUT2D eigenvalue weighted by Gasteiger charge is -2.26. The summed E-state index contributed by atoms with van der Waals surface area (Å²) in [7, 11) is -3.81. The third-order valence-electron chi connectivity index (χ3n) is 4.96. The SMILES string of the molecule is CC(C)c1ccc(NC(=O)COC(=O)c2cc(S(=O)(=O)N3CCOCC3)ccc2Cl)cc1. The molecule has 2 aromatic rings. The second kappa shape index (κ2) is 10.4. The molecule has 0 spiro atoms. The fourth-order valence-electron chi connectivity index (χ4n) is 3.11. The molecule has 1 heterocycles. The highest BCUT2D eigenvalue weighted by Gasteiger charge is 2.28. The molecule has 8 nitrogen and oxygen atoms in total. The number of carbonyl (C=O) groups is 2. The Kier molecular flexibility index (Phi) is 7.89. The molecule has 1 N–H and O–H groups in total. The van der Waals surface area contributed by atoms with Crippen LogP contribution in [0.25, 0.3) is 0 Å². The van der Waals surface area contributed by atoms with Crippen LogP contribution >= 0.6 is 11.6 Å². The van der Waals surface area contributed by atoms with Crippen LogP contribution in [0.5, 0.6) is 0 Å². The van der Waals surface area contributed by atoms with E-state index in [0.29, 0.717) is 24.8 Å². The molecule has 0 radical (unpaired) electrons. The van der Waals surface area contributed by atoms with Crippen molar-refractivity contribution in [1.29, 1.82) is 0 Å². The van der Waals surface area contributed by atoms with Crippen molar-refractivity contribution >= 4 is 39.2 Å². The van der Waals surface area contributed by atoms with Gasteiger partial charge in [-0.2, -0.15) is 4.31 Å². The van der Waals surface area contributed by atoms with Crippen molar-refractivity contribution in [3.63, 3.8) is 0 Å². The third kappa shape index (κ3) is 5.86. The summed E-state index contributed by atoms with van der Waals surface area (Å²) >= 11 is 6.08. The molecular formula is C22H25ClN2O6S. The van der Waals surface area contributed by atoms with Crippen LogP contribution in [0.1, 0.15) is 35.7 Å². The number of hydrogen-bond acceptors (Lipinski definition) is 6. The highest BCUT2D eigenvalue weighted by atomic mass is 35.5. The van der Waals surface area contributed by atoms with E-state index in [1.54, 1.807) is 12.1 Å². The smallest absolute Gasteiger partial charge is 0.340 e. The van der Waals surface area contributed by atoms with Gasteiger partial charge in [-0.1, -0.05) is 37.6 Å². The maximum Gasteiger partial charge on any atom is 0.340 e. The summed E-state index contributed by atoms with van der Waals surface area (Å²) in [6.07, 6.45) is 0. The van der Waals surface area contributed by atoms with Gasteiger partial charge in [0.15, 0.2) is 6.61 Å². The van der Waals surface area contributed by atoms with Crippen molar-refractivity contribution in [2.75, 3.05) is 38.2 Å². The minimum Gasteiger partial charge on any atom is -0.452 e. The average Bonchev–Trinajstić information content (AvgIpc) is 2.78. The van der Waals surface area contributed by atoms with Gasteiger partial charge in [0.2, 0.25) is 10.0 Å². The first-order valence-electron chi connectivity index (χ1n) is 10.1. The molecule has 10 heteroatoms. The lowest BCUT2D eigenvalue weighted by Crippen LogP contribution is -2.40. The van der Waals surface area contributed by atoms with E-state index in [1.807, 2.05) is 12.1 Å². The molecule has 1 amide bonds. The summed E-state index contributed by atoms with van der Waals surface area (Å²) in [5, 5.41) is 2.67. The van der Waals surface area contributed by atoms with Crippen molar-refractivity contribution in [1.82, 2.24) is 4.31 Å². The molecule has 172 valence electrons. The Morgan fingerprint density at radius 2 is 1.78 bits per heavy atom. The average molecular weight is 481 g/mol. The lowest BCUT2D eigenvalue weighted by atomic mass is 10.0. The Balaban J connectivity index is 1.64. The van der Waals surface area contributed by atoms with Crippen LogP contribution in [-0.2, 0) is 24.3 Å². The predicted octanol–water partition coefficient (Wildman–Crippen LogP) is 3.28. The summed E-state index contributed by atoms with van der Waals surface area (Å²) in [4.78, 5) is 24.6. The molecule has 0 saturated carbocycles. The normalized spacial score (nSPS) is 14.9. The molecule has 1 saturated heterocycles. The van der Waals surface area contributed by atoms with Crippen molar-refractivity contribution in [3.8, 4) is 0 Å². The van der Waals surface area contributed by atoms with Gasteiger partial charge in [0.1, 0.15) is 0 Å². The monoisotopic (exact) mass is 480 g/mol. The van der Waals surface area contributed by atoms with Gasteiger partial charge in [0, 0.05) is 18.8 Å². The zero-order valence-electron chi connectivity index (χ0n) is 17.8. The fraction of sp³-hybridized carbons (Fsp3) is 0.364. The molecular weight excluding hydrogens is 456 g/mol. The quantitative estimate of drug-likeness (QED) is 0.610. The second-order valence-electron chi connectivity index (χ2n) is 7.56. The van der Waals surface area contributed by atoms with Gasteiger partial charge in [0.05, 0.1) is 28.7 Å². The fourth-order valence-corrected chi connectivity index (χ4v) is 4.74. The third-order valence-corrected chi connectivity index (χ3v) is 7.19. The van der Waals surface area contributed by atoms with E-state index in [1.165, 1.54) is 16.4 Å². The Hall–Kier alpha value is -2.46. The molecule has 1 fully saturated rings. The van der Waals surface area contributed by atoms with Crippen LogP contribution in [0.15, 0.2) is 47.4 Å². The number of ether oxygens (including phenoxy) is 2. The van der Waals surface area contributed by atoms with E-state index in [4.69, 9.17) is 21.1 Å². The maximum absolute atomic E-state index is 12.8. The van der Waals surface area contributed by atoms with Crippen LogP contribution < -0.4 is 5.32 Å². The summed E-state index contributed by atoms with van der Waals surface area (Å²) < 4.78 is 37.2. The van der Waals surface area contributed by atoms with E-state index >= 15 is 0 Å². The van der Waals surface area contributed by atoms with E-state index in [0.717, 1.165) is 11.6 Å². The summed E-state index contributed by atoms with van der Waals surface area (Å²) in [6, 6.07) is 11.2. The summed E-state index contributed by atoms with van der Waals surface area (Å²) in [5.74, 6) is -1.04. The van der Waals surface area contributed by atoms with Gasteiger partial charge < -0.3 is 14.8 Å². The largest absolute Gasteiger partial charge is 0.452 e. The summed E-state index contributed by atoms with van der Waals surface area (Å²) in [6.45, 7) is 4.65. The number of anilines is 1. The van der Waals surface area contributed by atoms with Crippen LogP contribution in [0, 0.1) is 0 Å². The van der Waals surface area contributed by atoms with Gasteiger partial charge in [-0.15, -0.1) is 0 Å². The number of benzene rings is 2. The number of esters is 1. The Bertz CT molecular complexity index is 1080. The molecule has 0 atom stereocenters. The number of nitrogens with one attached hydrogen (secondary N) is 1. The van der Waals surface area contributed by atoms with Crippen molar-refractivity contribution in [3.05, 3.63) is 58.6 Å². The molecule has 32 heavy (non-hydrogen) atoms. The molecule has 0 aromatic heterocycles. The minimum absolute atomic E-state index is 0.0283. The highest BCUT2D eigenvalue weighted by Crippen LogP contribution is 2.24. The molecule has 2 aromatic carbocycles. The van der Waals surface area contributed by atoms with E-state index < -0.39 is 28.5 Å². The Labute approximate surface area is 192 Å². The summed E-state index contributed by atoms with van der Waals surface area (Å²) in [5.41, 5.74) is 1.58. The number of morpholine rings is 1. The zero-order valence-corrected chi connectivity index (χ0v) is 19.4. The molecule has 0 unspecified atom stereocenters. The van der Waals surface area contributed by atoms with Crippen LogP contribution in [0.4, 0.5) is 5.69 Å². The number of hydrogen-bond donors (Lipinski definition) is 1. The van der Waals surface area contributed by atoms with Crippen LogP contribution in [0.2, 0.25) is 5.02 Å². The standard InChI is InChI=1S/C22H25ClN2O6S/c1-15(2)16-3-5-17(6-4-16)24-21(26)14-31-22(27)19-13-18(7-8-20(19)23)32(28,29)25-9-11-30-12-10-25/h3-8,13,15H,9-12,14H2,1-2H3,(H,24,26). The first-order chi connectivity index (χ1) is 15.2. The first kappa shape index (κ1) is 24.2. The predicted molar refractivity (Wildman–Crippen MR) is 120 cm³/mol. The molecule has 0 bridgehead atoms. The zero-order chi connectivity index (χ0) is 23.3. The van der Waals surface area contributed by atoms with Crippen LogP contribution in [0.3, 0.4) is 0 Å². The van der Waals surface area contributed by atoms with Gasteiger partial charge in [-0.25, -0.2) is 13.2 Å². The Morgan fingerprint density at radius 1 is 1.12 bits per heavy atom. The number of rotatable bonds is 7. The number of amides is 1. The topological polar surface area (TPSA) is 102 Å². The van der Waals surface area contributed by atoms with Crippen molar-refractivity contribution < 1.29 is 27.5 Å². The van der Waals surface area contributed by atoms with Crippen molar-refractivity contribution in [2.24, 2.45) is 0 Å². The van der Waals surface area contributed by atoms with Gasteiger partial charge in [0.25, 0.3) is 5.91 Å². The number of nitrogens with zero attached hydrogens (tertiary/aromatic N) is 1. The molecule has 0 aliphatic carbocycles. The number of sulfonamides is 1. The van der Waals surface area contributed by atoms with Gasteiger partial charge in [-0.3, -0.25) is 4.79 Å². The van der Waals surface area contributed by atoms with E-state index in [2.05, 4.69) is 19.2 Å². The Morgan fingerprint density at radius 3 is 2.41 bits per heavy atom.